The Morgan fingerprint density at radius 2 is 1.00 bits per heavy atom. The molecule has 0 aliphatic carbocycles. The summed E-state index contributed by atoms with van der Waals surface area (Å²) in [7, 11) is -4.42. The Hall–Kier alpha value is -2.75. The second kappa shape index (κ2) is 9.17. The lowest BCUT2D eigenvalue weighted by atomic mass is 10.3. The van der Waals surface area contributed by atoms with Gasteiger partial charge in [0.2, 0.25) is 16.6 Å². The van der Waals surface area contributed by atoms with Crippen LogP contribution in [-0.4, -0.2) is 28.6 Å². The molecule has 152 valence electrons. The van der Waals surface area contributed by atoms with Crippen LogP contribution in [0, 0.1) is 0 Å². The number of rotatable bonds is 8. The highest BCUT2D eigenvalue weighted by atomic mass is 28.4. The molecule has 0 aliphatic rings. The number of carbonyl (C=O) groups excluding carboxylic acids is 2. The smallest absolute Gasteiger partial charge is 0.335 e. The van der Waals surface area contributed by atoms with Crippen molar-refractivity contribution in [3.63, 3.8) is 0 Å². The number of benzene rings is 2. The number of carbonyl (C=O) groups is 2. The molecule has 0 saturated heterocycles. The SMILES string of the molecule is C=CC(=O)Oc1ccc([Si](C)(C)O[Si](C)(C)c2ccc(OC(=O)C=C)cc2)cc1. The van der Waals surface area contributed by atoms with Crippen LogP contribution in [0.1, 0.15) is 0 Å². The molecule has 0 aliphatic heterocycles. The van der Waals surface area contributed by atoms with E-state index in [-0.39, 0.29) is 0 Å². The van der Waals surface area contributed by atoms with Crippen LogP contribution in [0.4, 0.5) is 0 Å². The van der Waals surface area contributed by atoms with E-state index in [4.69, 9.17) is 13.6 Å². The molecule has 2 aromatic carbocycles. The molecular formula is C22H26O5Si2. The van der Waals surface area contributed by atoms with Gasteiger partial charge in [0.1, 0.15) is 11.5 Å². The Kier molecular flexibility index (Phi) is 7.13. The summed E-state index contributed by atoms with van der Waals surface area (Å²) < 4.78 is 17.0. The van der Waals surface area contributed by atoms with Gasteiger partial charge in [-0.3, -0.25) is 0 Å². The minimum Gasteiger partial charge on any atom is -0.449 e. The maximum atomic E-state index is 11.3. The predicted molar refractivity (Wildman–Crippen MR) is 120 cm³/mol. The van der Waals surface area contributed by atoms with E-state index in [2.05, 4.69) is 39.3 Å². The van der Waals surface area contributed by atoms with Gasteiger partial charge in [-0.05, 0) is 60.8 Å². The molecule has 0 bridgehead atoms. The highest BCUT2D eigenvalue weighted by Gasteiger charge is 2.36. The maximum Gasteiger partial charge on any atom is 0.335 e. The van der Waals surface area contributed by atoms with E-state index < -0.39 is 28.6 Å². The van der Waals surface area contributed by atoms with Crippen molar-refractivity contribution >= 4 is 38.9 Å². The molecule has 2 aromatic rings. The molecule has 0 spiro atoms. The molecule has 5 nitrogen and oxygen atoms in total. The van der Waals surface area contributed by atoms with Crippen LogP contribution in [-0.2, 0) is 13.7 Å². The van der Waals surface area contributed by atoms with Crippen molar-refractivity contribution in [3.8, 4) is 11.5 Å². The van der Waals surface area contributed by atoms with Crippen molar-refractivity contribution in [1.29, 1.82) is 0 Å². The van der Waals surface area contributed by atoms with E-state index in [9.17, 15) is 9.59 Å². The molecule has 2 rings (SSSR count). The lowest BCUT2D eigenvalue weighted by Crippen LogP contribution is -2.57. The summed E-state index contributed by atoms with van der Waals surface area (Å²) in [5.41, 5.74) is 0. The topological polar surface area (TPSA) is 61.8 Å². The fraction of sp³-hybridized carbons (Fsp3) is 0.182. The van der Waals surface area contributed by atoms with Gasteiger partial charge in [-0.25, -0.2) is 9.59 Å². The van der Waals surface area contributed by atoms with Crippen LogP contribution < -0.4 is 19.8 Å². The normalized spacial score (nSPS) is 11.4. The first kappa shape index (κ1) is 22.5. The van der Waals surface area contributed by atoms with Gasteiger partial charge in [-0.1, -0.05) is 37.4 Å². The molecule has 0 fully saturated rings. The van der Waals surface area contributed by atoms with Crippen LogP contribution in [0.3, 0.4) is 0 Å². The third-order valence-corrected chi connectivity index (χ3v) is 11.9. The first-order chi connectivity index (χ1) is 13.6. The number of esters is 2. The monoisotopic (exact) mass is 426 g/mol. The Bertz CT molecular complexity index is 824. The Balaban J connectivity index is 2.14. The van der Waals surface area contributed by atoms with E-state index in [1.54, 1.807) is 24.3 Å². The Morgan fingerprint density at radius 1 is 0.690 bits per heavy atom. The van der Waals surface area contributed by atoms with Crippen molar-refractivity contribution in [2.45, 2.75) is 26.2 Å². The van der Waals surface area contributed by atoms with Gasteiger partial charge in [0.05, 0.1) is 0 Å². The minimum absolute atomic E-state index is 0.476. The quantitative estimate of drug-likeness (QED) is 0.280. The van der Waals surface area contributed by atoms with Crippen molar-refractivity contribution in [2.24, 2.45) is 0 Å². The van der Waals surface area contributed by atoms with Gasteiger partial charge < -0.3 is 13.6 Å². The summed E-state index contributed by atoms with van der Waals surface area (Å²) in [5, 5.41) is 2.21. The molecule has 0 N–H and O–H groups in total. The highest BCUT2D eigenvalue weighted by Crippen LogP contribution is 2.18. The van der Waals surface area contributed by atoms with Crippen LogP contribution in [0.5, 0.6) is 11.5 Å². The van der Waals surface area contributed by atoms with Crippen LogP contribution in [0.2, 0.25) is 26.2 Å². The van der Waals surface area contributed by atoms with E-state index in [1.165, 1.54) is 0 Å². The molecule has 0 unspecified atom stereocenters. The third kappa shape index (κ3) is 6.12. The lowest BCUT2D eigenvalue weighted by molar-refractivity contribution is -0.129. The summed E-state index contributed by atoms with van der Waals surface area (Å²) in [6.45, 7) is 15.4. The second-order valence-electron chi connectivity index (χ2n) is 7.42. The molecule has 7 heteroatoms. The molecular weight excluding hydrogens is 400 g/mol. The summed E-state index contributed by atoms with van der Waals surface area (Å²) >= 11 is 0. The van der Waals surface area contributed by atoms with Gasteiger partial charge in [0.25, 0.3) is 0 Å². The molecule has 0 aromatic heterocycles. The van der Waals surface area contributed by atoms with Crippen LogP contribution in [0.25, 0.3) is 0 Å². The number of hydrogen-bond acceptors (Lipinski definition) is 5. The van der Waals surface area contributed by atoms with Crippen molar-refractivity contribution in [2.75, 3.05) is 0 Å². The Morgan fingerprint density at radius 3 is 1.28 bits per heavy atom. The second-order valence-corrected chi connectivity index (χ2v) is 15.4. The van der Waals surface area contributed by atoms with E-state index in [1.807, 2.05) is 24.3 Å². The van der Waals surface area contributed by atoms with Crippen molar-refractivity contribution in [1.82, 2.24) is 0 Å². The average molecular weight is 427 g/mol. The van der Waals surface area contributed by atoms with Gasteiger partial charge in [0.15, 0.2) is 0 Å². The predicted octanol–water partition coefficient (Wildman–Crippen LogP) is 3.41. The largest absolute Gasteiger partial charge is 0.449 e. The molecule has 0 saturated carbocycles. The van der Waals surface area contributed by atoms with Gasteiger partial charge in [-0.15, -0.1) is 0 Å². The van der Waals surface area contributed by atoms with E-state index in [0.717, 1.165) is 22.5 Å². The van der Waals surface area contributed by atoms with Crippen molar-refractivity contribution in [3.05, 3.63) is 73.8 Å². The minimum atomic E-state index is -2.21. The number of hydrogen-bond donors (Lipinski definition) is 0. The maximum absolute atomic E-state index is 11.3. The standard InChI is InChI=1S/C22H26O5Si2/c1-7-21(23)25-17-9-13-19(14-10-17)28(3,4)27-29(5,6)20-15-11-18(12-16-20)26-22(24)8-2/h7-16H,1-2H2,3-6H3. The molecule has 0 heterocycles. The van der Waals surface area contributed by atoms with Crippen LogP contribution >= 0.6 is 0 Å². The third-order valence-electron chi connectivity index (χ3n) is 4.38. The zero-order chi connectivity index (χ0) is 21.7. The fourth-order valence-corrected chi connectivity index (χ4v) is 10.9. The molecule has 0 amide bonds. The zero-order valence-electron chi connectivity index (χ0n) is 17.2. The summed E-state index contributed by atoms with van der Waals surface area (Å²) in [6, 6.07) is 14.9. The first-order valence-corrected chi connectivity index (χ1v) is 15.0. The number of ether oxygens (including phenoxy) is 2. The summed E-state index contributed by atoms with van der Waals surface area (Å²) in [6.07, 6.45) is 2.26. The van der Waals surface area contributed by atoms with Gasteiger partial charge in [0, 0.05) is 12.2 Å². The Labute approximate surface area is 173 Å². The van der Waals surface area contributed by atoms with Crippen molar-refractivity contribution < 1.29 is 23.2 Å². The highest BCUT2D eigenvalue weighted by molar-refractivity contribution is 6.96. The summed E-state index contributed by atoms with van der Waals surface area (Å²) in [4.78, 5) is 22.6. The fourth-order valence-electron chi connectivity index (χ4n) is 2.92. The first-order valence-electron chi connectivity index (χ1n) is 9.17. The van der Waals surface area contributed by atoms with Gasteiger partial charge in [-0.2, -0.15) is 0 Å². The van der Waals surface area contributed by atoms with E-state index >= 15 is 0 Å². The molecule has 0 atom stereocenters. The lowest BCUT2D eigenvalue weighted by Gasteiger charge is -2.34. The van der Waals surface area contributed by atoms with E-state index in [0.29, 0.717) is 11.5 Å². The van der Waals surface area contributed by atoms with Gasteiger partial charge >= 0.3 is 11.9 Å². The summed E-state index contributed by atoms with van der Waals surface area (Å²) in [5.74, 6) is -0.0169. The van der Waals surface area contributed by atoms with Crippen LogP contribution in [0.15, 0.2) is 73.8 Å². The zero-order valence-corrected chi connectivity index (χ0v) is 19.2. The molecule has 0 radical (unpaired) electrons. The molecule has 29 heavy (non-hydrogen) atoms. The average Bonchev–Trinajstić information content (AvgIpc) is 2.67.